The van der Waals surface area contributed by atoms with Gasteiger partial charge in [-0.05, 0) is 36.1 Å². The molecule has 1 fully saturated rings. The fourth-order valence-corrected chi connectivity index (χ4v) is 2.10. The summed E-state index contributed by atoms with van der Waals surface area (Å²) in [6.07, 6.45) is 2.46. The molecule has 1 aliphatic carbocycles. The van der Waals surface area contributed by atoms with Gasteiger partial charge >= 0.3 is 0 Å². The summed E-state index contributed by atoms with van der Waals surface area (Å²) in [5, 5.41) is 3.38. The minimum Gasteiger partial charge on any atom is -0.489 e. The van der Waals surface area contributed by atoms with Crippen LogP contribution in [0.5, 0.6) is 5.75 Å². The predicted octanol–water partition coefficient (Wildman–Crippen LogP) is 3.66. The van der Waals surface area contributed by atoms with Crippen molar-refractivity contribution >= 4 is 0 Å². The molecule has 0 unspecified atom stereocenters. The molecule has 0 atom stereocenters. The molecule has 1 saturated carbocycles. The van der Waals surface area contributed by atoms with Gasteiger partial charge in [0.15, 0.2) is 0 Å². The summed E-state index contributed by atoms with van der Waals surface area (Å²) in [5.74, 6) is 0.338. The smallest absolute Gasteiger partial charge is 0.127 e. The van der Waals surface area contributed by atoms with Gasteiger partial charge < -0.3 is 10.1 Å². The number of benzene rings is 2. The topological polar surface area (TPSA) is 21.3 Å². The molecular formula is C17H18FNO. The minimum absolute atomic E-state index is 0.247. The standard InChI is InChI=1S/C17H18FNO/c18-15-8-14(11-19-16-6-7-16)9-17(10-15)20-12-13-4-2-1-3-5-13/h1-5,8-10,16,19H,6-7,11-12H2. The van der Waals surface area contributed by atoms with Gasteiger partial charge in [0.05, 0.1) is 0 Å². The van der Waals surface area contributed by atoms with Gasteiger partial charge in [-0.1, -0.05) is 30.3 Å². The highest BCUT2D eigenvalue weighted by molar-refractivity contribution is 5.30. The third kappa shape index (κ3) is 3.81. The highest BCUT2D eigenvalue weighted by Gasteiger charge is 2.20. The second-order valence-corrected chi connectivity index (χ2v) is 5.22. The molecule has 20 heavy (non-hydrogen) atoms. The number of nitrogens with one attached hydrogen (secondary N) is 1. The quantitative estimate of drug-likeness (QED) is 0.865. The second-order valence-electron chi connectivity index (χ2n) is 5.22. The van der Waals surface area contributed by atoms with E-state index in [0.29, 0.717) is 24.9 Å². The molecule has 2 aromatic carbocycles. The van der Waals surface area contributed by atoms with E-state index >= 15 is 0 Å². The van der Waals surface area contributed by atoms with Gasteiger partial charge in [0.1, 0.15) is 18.2 Å². The van der Waals surface area contributed by atoms with E-state index in [1.807, 2.05) is 36.4 Å². The van der Waals surface area contributed by atoms with E-state index in [2.05, 4.69) is 5.32 Å². The number of ether oxygens (including phenoxy) is 1. The normalized spacial score (nSPS) is 14.2. The molecule has 2 nitrogen and oxygen atoms in total. The van der Waals surface area contributed by atoms with Gasteiger partial charge in [-0.15, -0.1) is 0 Å². The molecule has 0 radical (unpaired) electrons. The molecule has 1 N–H and O–H groups in total. The SMILES string of the molecule is Fc1cc(CNC2CC2)cc(OCc2ccccc2)c1. The predicted molar refractivity (Wildman–Crippen MR) is 77.0 cm³/mol. The van der Waals surface area contributed by atoms with Gasteiger partial charge in [0.2, 0.25) is 0 Å². The fourth-order valence-electron chi connectivity index (χ4n) is 2.10. The Balaban J connectivity index is 1.62. The molecule has 3 rings (SSSR count). The largest absolute Gasteiger partial charge is 0.489 e. The molecule has 0 spiro atoms. The third-order valence-corrected chi connectivity index (χ3v) is 3.35. The summed E-state index contributed by atoms with van der Waals surface area (Å²) < 4.78 is 19.3. The molecule has 2 aromatic rings. The Bertz CT molecular complexity index is 566. The molecule has 104 valence electrons. The van der Waals surface area contributed by atoms with Crippen LogP contribution >= 0.6 is 0 Å². The summed E-state index contributed by atoms with van der Waals surface area (Å²) in [4.78, 5) is 0. The average Bonchev–Trinajstić information content (AvgIpc) is 3.28. The number of rotatable bonds is 6. The van der Waals surface area contributed by atoms with Gasteiger partial charge in [0, 0.05) is 18.7 Å². The zero-order chi connectivity index (χ0) is 13.8. The number of hydrogen-bond acceptors (Lipinski definition) is 2. The van der Waals surface area contributed by atoms with Crippen LogP contribution in [0.4, 0.5) is 4.39 Å². The third-order valence-electron chi connectivity index (χ3n) is 3.35. The number of halogens is 1. The van der Waals surface area contributed by atoms with E-state index < -0.39 is 0 Å². The molecule has 0 heterocycles. The Morgan fingerprint density at radius 1 is 1.05 bits per heavy atom. The van der Waals surface area contributed by atoms with Crippen molar-refractivity contribution in [1.29, 1.82) is 0 Å². The summed E-state index contributed by atoms with van der Waals surface area (Å²) >= 11 is 0. The molecule has 0 aromatic heterocycles. The van der Waals surface area contributed by atoms with Crippen molar-refractivity contribution in [3.05, 3.63) is 65.5 Å². The average molecular weight is 271 g/mol. The molecule has 0 bridgehead atoms. The summed E-state index contributed by atoms with van der Waals surface area (Å²) in [7, 11) is 0. The van der Waals surface area contributed by atoms with Gasteiger partial charge in [-0.25, -0.2) is 4.39 Å². The van der Waals surface area contributed by atoms with Crippen molar-refractivity contribution < 1.29 is 9.13 Å². The Hall–Kier alpha value is -1.87. The zero-order valence-electron chi connectivity index (χ0n) is 11.3. The Morgan fingerprint density at radius 2 is 1.85 bits per heavy atom. The molecule has 1 aliphatic rings. The Labute approximate surface area is 118 Å². The van der Waals surface area contributed by atoms with Crippen LogP contribution in [0.15, 0.2) is 48.5 Å². The second kappa shape index (κ2) is 6.06. The van der Waals surface area contributed by atoms with Gasteiger partial charge in [0.25, 0.3) is 0 Å². The van der Waals surface area contributed by atoms with Gasteiger partial charge in [-0.3, -0.25) is 0 Å². The van der Waals surface area contributed by atoms with Crippen molar-refractivity contribution in [3.8, 4) is 5.75 Å². The van der Waals surface area contributed by atoms with Crippen LogP contribution in [-0.2, 0) is 13.2 Å². The maximum atomic E-state index is 13.6. The molecule has 0 aliphatic heterocycles. The Kier molecular flexibility index (Phi) is 3.97. The lowest BCUT2D eigenvalue weighted by Gasteiger charge is -2.09. The van der Waals surface area contributed by atoms with Crippen LogP contribution in [0.3, 0.4) is 0 Å². The van der Waals surface area contributed by atoms with Crippen LogP contribution in [0, 0.1) is 5.82 Å². The molecular weight excluding hydrogens is 253 g/mol. The molecule has 3 heteroatoms. The summed E-state index contributed by atoms with van der Waals surface area (Å²) in [6.45, 7) is 1.16. The summed E-state index contributed by atoms with van der Waals surface area (Å²) in [6, 6.07) is 15.4. The highest BCUT2D eigenvalue weighted by atomic mass is 19.1. The van der Waals surface area contributed by atoms with Gasteiger partial charge in [-0.2, -0.15) is 0 Å². The Morgan fingerprint density at radius 3 is 2.60 bits per heavy atom. The van der Waals surface area contributed by atoms with Crippen LogP contribution < -0.4 is 10.1 Å². The lowest BCUT2D eigenvalue weighted by atomic mass is 10.2. The minimum atomic E-state index is -0.247. The molecule has 0 amide bonds. The molecule has 0 saturated heterocycles. The summed E-state index contributed by atoms with van der Waals surface area (Å²) in [5.41, 5.74) is 2.01. The number of hydrogen-bond donors (Lipinski definition) is 1. The highest BCUT2D eigenvalue weighted by Crippen LogP contribution is 2.21. The fraction of sp³-hybridized carbons (Fsp3) is 0.294. The van der Waals surface area contributed by atoms with E-state index in [1.165, 1.54) is 18.9 Å². The first-order valence-electron chi connectivity index (χ1n) is 6.99. The maximum absolute atomic E-state index is 13.6. The van der Waals surface area contributed by atoms with Crippen molar-refractivity contribution in [2.45, 2.75) is 32.0 Å². The lowest BCUT2D eigenvalue weighted by molar-refractivity contribution is 0.304. The zero-order valence-corrected chi connectivity index (χ0v) is 11.3. The first kappa shape index (κ1) is 13.1. The van der Waals surface area contributed by atoms with Crippen LogP contribution in [0.25, 0.3) is 0 Å². The van der Waals surface area contributed by atoms with Crippen LogP contribution in [-0.4, -0.2) is 6.04 Å². The monoisotopic (exact) mass is 271 g/mol. The van der Waals surface area contributed by atoms with E-state index in [0.717, 1.165) is 11.1 Å². The lowest BCUT2D eigenvalue weighted by Crippen LogP contribution is -2.15. The first-order chi connectivity index (χ1) is 9.79. The van der Waals surface area contributed by atoms with E-state index in [1.54, 1.807) is 6.07 Å². The van der Waals surface area contributed by atoms with E-state index in [4.69, 9.17) is 4.74 Å². The van der Waals surface area contributed by atoms with E-state index in [-0.39, 0.29) is 5.82 Å². The van der Waals surface area contributed by atoms with Crippen molar-refractivity contribution in [2.24, 2.45) is 0 Å². The van der Waals surface area contributed by atoms with Crippen molar-refractivity contribution in [3.63, 3.8) is 0 Å². The van der Waals surface area contributed by atoms with Crippen molar-refractivity contribution in [1.82, 2.24) is 5.32 Å². The first-order valence-corrected chi connectivity index (χ1v) is 6.99. The van der Waals surface area contributed by atoms with Crippen LogP contribution in [0.1, 0.15) is 24.0 Å². The van der Waals surface area contributed by atoms with Crippen LogP contribution in [0.2, 0.25) is 0 Å². The van der Waals surface area contributed by atoms with E-state index in [9.17, 15) is 4.39 Å². The van der Waals surface area contributed by atoms with Crippen molar-refractivity contribution in [2.75, 3.05) is 0 Å². The maximum Gasteiger partial charge on any atom is 0.127 e.